The minimum atomic E-state index is -0.900. The van der Waals surface area contributed by atoms with Gasteiger partial charge < -0.3 is 5.11 Å². The van der Waals surface area contributed by atoms with Crippen LogP contribution in [-0.2, 0) is 9.59 Å². The lowest BCUT2D eigenvalue weighted by molar-refractivity contribution is -0.143. The summed E-state index contributed by atoms with van der Waals surface area (Å²) in [5, 5.41) is 10.5. The van der Waals surface area contributed by atoms with Crippen LogP contribution in [0, 0.1) is 12.3 Å². The van der Waals surface area contributed by atoms with Crippen molar-refractivity contribution in [3.05, 3.63) is 34.9 Å². The van der Waals surface area contributed by atoms with E-state index in [4.69, 9.17) is 18.0 Å². The van der Waals surface area contributed by atoms with E-state index in [1.165, 1.54) is 4.90 Å². The monoisotopic (exact) mass is 321 g/mol. The van der Waals surface area contributed by atoms with Gasteiger partial charge in [0, 0.05) is 24.4 Å². The molecular formula is C17H20ClNO3. The van der Waals surface area contributed by atoms with E-state index >= 15 is 0 Å². The van der Waals surface area contributed by atoms with Crippen LogP contribution in [0.25, 0.3) is 0 Å². The first kappa shape index (κ1) is 18.2. The molecule has 0 aromatic heterocycles. The number of imide groups is 1. The molecule has 1 saturated heterocycles. The molecular weight excluding hydrogens is 302 g/mol. The molecule has 2 rings (SSSR count). The fourth-order valence-corrected chi connectivity index (χ4v) is 2.12. The van der Waals surface area contributed by atoms with Crippen LogP contribution < -0.4 is 0 Å². The van der Waals surface area contributed by atoms with E-state index < -0.39 is 6.10 Å². The molecule has 1 fully saturated rings. The Labute approximate surface area is 136 Å². The average molecular weight is 322 g/mol. The van der Waals surface area contributed by atoms with Crippen molar-refractivity contribution in [2.75, 3.05) is 6.54 Å². The minimum absolute atomic E-state index is 0.0760. The second kappa shape index (κ2) is 9.24. The molecule has 1 aliphatic rings. The molecule has 0 radical (unpaired) electrons. The molecule has 1 unspecified atom stereocenters. The first-order valence-corrected chi connectivity index (χ1v) is 7.57. The molecule has 1 heterocycles. The van der Waals surface area contributed by atoms with Crippen LogP contribution >= 0.6 is 11.6 Å². The number of hydrogen-bond acceptors (Lipinski definition) is 3. The quantitative estimate of drug-likeness (QED) is 0.871. The average Bonchev–Trinajstić information content (AvgIpc) is 2.94. The maximum absolute atomic E-state index is 11.8. The van der Waals surface area contributed by atoms with E-state index in [0.29, 0.717) is 30.0 Å². The zero-order chi connectivity index (χ0) is 16.5. The van der Waals surface area contributed by atoms with Gasteiger partial charge in [-0.2, -0.15) is 0 Å². The molecule has 22 heavy (non-hydrogen) atoms. The zero-order valence-corrected chi connectivity index (χ0v) is 13.3. The molecule has 1 N–H and O–H groups in total. The fourth-order valence-electron chi connectivity index (χ4n) is 1.99. The molecule has 1 aromatic rings. The Hall–Kier alpha value is -1.83. The number of nitrogens with zero attached hydrogens (tertiary/aromatic N) is 1. The Morgan fingerprint density at radius 3 is 2.50 bits per heavy atom. The van der Waals surface area contributed by atoms with Crippen LogP contribution in [0.1, 0.15) is 44.3 Å². The molecule has 2 amide bonds. The zero-order valence-electron chi connectivity index (χ0n) is 12.6. The van der Waals surface area contributed by atoms with Crippen molar-refractivity contribution in [3.8, 4) is 12.3 Å². The van der Waals surface area contributed by atoms with Gasteiger partial charge in [-0.15, -0.1) is 12.3 Å². The third-order valence-corrected chi connectivity index (χ3v) is 3.45. The number of hydrogen-bond donors (Lipinski definition) is 1. The Morgan fingerprint density at radius 2 is 2.05 bits per heavy atom. The van der Waals surface area contributed by atoms with E-state index in [9.17, 15) is 14.7 Å². The number of terminal acetylenes is 1. The van der Waals surface area contributed by atoms with E-state index in [-0.39, 0.29) is 18.2 Å². The van der Waals surface area contributed by atoms with Crippen LogP contribution in [0.5, 0.6) is 0 Å². The first-order valence-electron chi connectivity index (χ1n) is 7.19. The van der Waals surface area contributed by atoms with Crippen LogP contribution in [0.2, 0.25) is 5.02 Å². The van der Waals surface area contributed by atoms with Gasteiger partial charge in [0.2, 0.25) is 11.8 Å². The normalized spacial score (nSPS) is 14.8. The highest BCUT2D eigenvalue weighted by Gasteiger charge is 2.27. The van der Waals surface area contributed by atoms with Crippen LogP contribution in [0.15, 0.2) is 24.3 Å². The maximum atomic E-state index is 11.8. The summed E-state index contributed by atoms with van der Waals surface area (Å²) in [4.78, 5) is 24.4. The predicted octanol–water partition coefficient (Wildman–Crippen LogP) is 2.94. The third kappa shape index (κ3) is 5.51. The molecule has 0 aliphatic carbocycles. The number of amides is 2. The SMILES string of the molecule is C#CCC.O=C1CCCN1C(=O)CC(O)c1ccc(Cl)cc1. The maximum Gasteiger partial charge on any atom is 0.232 e. The topological polar surface area (TPSA) is 57.6 Å². The number of likely N-dealkylation sites (tertiary alicyclic amines) is 1. The molecule has 118 valence electrons. The van der Waals surface area contributed by atoms with Gasteiger partial charge in [0.15, 0.2) is 0 Å². The van der Waals surface area contributed by atoms with Gasteiger partial charge in [-0.05, 0) is 24.1 Å². The Morgan fingerprint density at radius 1 is 1.45 bits per heavy atom. The largest absolute Gasteiger partial charge is 0.388 e. The summed E-state index contributed by atoms with van der Waals surface area (Å²) in [5.74, 6) is 1.96. The highest BCUT2D eigenvalue weighted by molar-refractivity contribution is 6.30. The highest BCUT2D eigenvalue weighted by atomic mass is 35.5. The lowest BCUT2D eigenvalue weighted by atomic mass is 10.1. The van der Waals surface area contributed by atoms with E-state index in [1.54, 1.807) is 24.3 Å². The Balaban J connectivity index is 0.000000541. The Bertz CT molecular complexity index is 548. The molecule has 4 nitrogen and oxygen atoms in total. The second-order valence-electron chi connectivity index (χ2n) is 4.87. The Kier molecular flexibility index (Phi) is 7.65. The van der Waals surface area contributed by atoms with Gasteiger partial charge in [-0.1, -0.05) is 30.7 Å². The van der Waals surface area contributed by atoms with E-state index in [2.05, 4.69) is 5.92 Å². The number of aliphatic hydroxyl groups excluding tert-OH is 1. The van der Waals surface area contributed by atoms with E-state index in [0.717, 1.165) is 6.42 Å². The summed E-state index contributed by atoms with van der Waals surface area (Å²) in [5.41, 5.74) is 0.624. The lowest BCUT2D eigenvalue weighted by Crippen LogP contribution is -2.32. The molecule has 0 saturated carbocycles. The van der Waals surface area contributed by atoms with Gasteiger partial charge >= 0.3 is 0 Å². The van der Waals surface area contributed by atoms with Gasteiger partial charge in [-0.25, -0.2) is 0 Å². The van der Waals surface area contributed by atoms with Crippen molar-refractivity contribution in [3.63, 3.8) is 0 Å². The van der Waals surface area contributed by atoms with Crippen molar-refractivity contribution in [2.45, 2.75) is 38.7 Å². The predicted molar refractivity (Wildman–Crippen MR) is 86.1 cm³/mol. The number of aliphatic hydroxyl groups is 1. The number of carbonyl (C=O) groups is 2. The summed E-state index contributed by atoms with van der Waals surface area (Å²) in [6.45, 7) is 2.41. The van der Waals surface area contributed by atoms with Crippen LogP contribution in [0.4, 0.5) is 0 Å². The van der Waals surface area contributed by atoms with Crippen molar-refractivity contribution < 1.29 is 14.7 Å². The number of halogens is 1. The lowest BCUT2D eigenvalue weighted by Gasteiger charge is -2.16. The van der Waals surface area contributed by atoms with Crippen molar-refractivity contribution in [1.29, 1.82) is 0 Å². The number of carbonyl (C=O) groups excluding carboxylic acids is 2. The fraction of sp³-hybridized carbons (Fsp3) is 0.412. The van der Waals surface area contributed by atoms with E-state index in [1.807, 2.05) is 6.92 Å². The third-order valence-electron chi connectivity index (χ3n) is 3.20. The van der Waals surface area contributed by atoms with Gasteiger partial charge in [0.25, 0.3) is 0 Å². The summed E-state index contributed by atoms with van der Waals surface area (Å²) in [7, 11) is 0. The second-order valence-corrected chi connectivity index (χ2v) is 5.31. The van der Waals surface area contributed by atoms with Gasteiger partial charge in [-0.3, -0.25) is 14.5 Å². The summed E-state index contributed by atoms with van der Waals surface area (Å²) < 4.78 is 0. The molecule has 1 aliphatic heterocycles. The molecule has 1 aromatic carbocycles. The van der Waals surface area contributed by atoms with Crippen LogP contribution in [0.3, 0.4) is 0 Å². The van der Waals surface area contributed by atoms with Gasteiger partial charge in [0.1, 0.15) is 0 Å². The van der Waals surface area contributed by atoms with Gasteiger partial charge in [0.05, 0.1) is 12.5 Å². The van der Waals surface area contributed by atoms with Crippen molar-refractivity contribution in [1.82, 2.24) is 4.90 Å². The summed E-state index contributed by atoms with van der Waals surface area (Å²) in [6, 6.07) is 6.66. The molecule has 5 heteroatoms. The summed E-state index contributed by atoms with van der Waals surface area (Å²) >= 11 is 5.74. The van der Waals surface area contributed by atoms with Crippen molar-refractivity contribution >= 4 is 23.4 Å². The standard InChI is InChI=1S/C13H14ClNO3.C4H6/c14-10-5-3-9(4-6-10)11(16)8-13(18)15-7-1-2-12(15)17;1-3-4-2/h3-6,11,16H,1-2,7-8H2;1H,4H2,2H3. The molecule has 1 atom stereocenters. The van der Waals surface area contributed by atoms with Crippen LogP contribution in [-0.4, -0.2) is 28.4 Å². The van der Waals surface area contributed by atoms with Crippen molar-refractivity contribution in [2.24, 2.45) is 0 Å². The minimum Gasteiger partial charge on any atom is -0.388 e. The molecule has 0 spiro atoms. The number of benzene rings is 1. The first-order chi connectivity index (χ1) is 10.5. The smallest absolute Gasteiger partial charge is 0.232 e. The summed E-state index contributed by atoms with van der Waals surface area (Å²) in [6.07, 6.45) is 5.78. The highest BCUT2D eigenvalue weighted by Crippen LogP contribution is 2.21. The molecule has 0 bridgehead atoms. The number of rotatable bonds is 3.